The topological polar surface area (TPSA) is 73.9 Å². The molecule has 1 heterocycles. The van der Waals surface area contributed by atoms with E-state index < -0.39 is 5.41 Å². The van der Waals surface area contributed by atoms with Crippen molar-refractivity contribution in [3.8, 4) is 5.75 Å². The lowest BCUT2D eigenvalue weighted by molar-refractivity contribution is -0.126. The molecule has 1 fully saturated rings. The predicted octanol–water partition coefficient (Wildman–Crippen LogP) is 4.17. The van der Waals surface area contributed by atoms with Gasteiger partial charge < -0.3 is 25.2 Å². The number of benzene rings is 2. The molecule has 0 spiro atoms. The van der Waals surface area contributed by atoms with E-state index in [-0.39, 0.29) is 16.9 Å². The number of ether oxygens (including phenoxy) is 1. The molecule has 3 rings (SSSR count). The van der Waals surface area contributed by atoms with Crippen LogP contribution in [0.1, 0.15) is 31.1 Å². The zero-order valence-electron chi connectivity index (χ0n) is 19.3. The largest absolute Gasteiger partial charge is 0.496 e. The maximum absolute atomic E-state index is 13.0. The minimum atomic E-state index is -0.517. The van der Waals surface area contributed by atoms with Crippen LogP contribution in [0.3, 0.4) is 0 Å². The maximum atomic E-state index is 13.0. The maximum Gasteiger partial charge on any atom is 0.257 e. The van der Waals surface area contributed by atoms with Crippen LogP contribution in [0.15, 0.2) is 42.5 Å². The number of hydrogen-bond acceptors (Lipinski definition) is 5. The van der Waals surface area contributed by atoms with Crippen molar-refractivity contribution in [2.45, 2.75) is 20.8 Å². The molecule has 0 aliphatic carbocycles. The predicted molar refractivity (Wildman–Crippen MR) is 136 cm³/mol. The smallest absolute Gasteiger partial charge is 0.257 e. The van der Waals surface area contributed by atoms with Gasteiger partial charge in [-0.05, 0) is 54.7 Å². The third-order valence-electron chi connectivity index (χ3n) is 5.36. The van der Waals surface area contributed by atoms with Crippen molar-refractivity contribution in [2.75, 3.05) is 43.5 Å². The molecule has 1 aliphatic heterocycles. The molecule has 0 atom stereocenters. The molecule has 2 aromatic carbocycles. The molecular weight excluding hydrogens is 460 g/mol. The molecule has 0 radical (unpaired) electrons. The van der Waals surface area contributed by atoms with E-state index in [0.29, 0.717) is 42.5 Å². The van der Waals surface area contributed by atoms with E-state index in [0.717, 1.165) is 11.4 Å². The summed E-state index contributed by atoms with van der Waals surface area (Å²) in [5.41, 5.74) is 1.80. The third-order valence-corrected chi connectivity index (χ3v) is 5.80. The van der Waals surface area contributed by atoms with Gasteiger partial charge in [-0.25, -0.2) is 0 Å². The fourth-order valence-electron chi connectivity index (χ4n) is 3.39. The number of methoxy groups -OCH3 is 1. The van der Waals surface area contributed by atoms with Gasteiger partial charge in [0, 0.05) is 48.0 Å². The van der Waals surface area contributed by atoms with Gasteiger partial charge in [-0.2, -0.15) is 0 Å². The Balaban J connectivity index is 1.56. The van der Waals surface area contributed by atoms with Gasteiger partial charge in [-0.3, -0.25) is 9.59 Å². The number of carbonyl (C=O) groups excluding carboxylic acids is 2. The molecule has 0 bridgehead atoms. The van der Waals surface area contributed by atoms with Crippen LogP contribution in [0.2, 0.25) is 5.02 Å². The number of nitrogens with zero attached hydrogens (tertiary/aromatic N) is 2. The number of amides is 2. The lowest BCUT2D eigenvalue weighted by Crippen LogP contribution is -2.48. The average Bonchev–Trinajstić information content (AvgIpc) is 2.78. The lowest BCUT2D eigenvalue weighted by Gasteiger charge is -2.36. The van der Waals surface area contributed by atoms with Crippen LogP contribution in [0.4, 0.5) is 11.4 Å². The van der Waals surface area contributed by atoms with Crippen molar-refractivity contribution in [1.82, 2.24) is 10.2 Å². The Hall–Kier alpha value is -2.84. The molecule has 7 nitrogen and oxygen atoms in total. The molecule has 2 amide bonds. The second-order valence-corrected chi connectivity index (χ2v) is 9.67. The highest BCUT2D eigenvalue weighted by Crippen LogP contribution is 2.25. The summed E-state index contributed by atoms with van der Waals surface area (Å²) in [5, 5.41) is 6.51. The van der Waals surface area contributed by atoms with Crippen molar-refractivity contribution in [3.63, 3.8) is 0 Å². The van der Waals surface area contributed by atoms with Crippen molar-refractivity contribution >= 4 is 52.1 Å². The van der Waals surface area contributed by atoms with Crippen molar-refractivity contribution < 1.29 is 14.3 Å². The van der Waals surface area contributed by atoms with Gasteiger partial charge in [0.2, 0.25) is 5.91 Å². The first-order chi connectivity index (χ1) is 15.6. The number of anilines is 2. The fourth-order valence-corrected chi connectivity index (χ4v) is 3.78. The first-order valence-electron chi connectivity index (χ1n) is 10.7. The second-order valence-electron chi connectivity index (χ2n) is 8.83. The van der Waals surface area contributed by atoms with Gasteiger partial charge in [0.05, 0.1) is 12.7 Å². The molecule has 2 aromatic rings. The van der Waals surface area contributed by atoms with Crippen LogP contribution in [0.25, 0.3) is 0 Å². The zero-order valence-corrected chi connectivity index (χ0v) is 20.8. The lowest BCUT2D eigenvalue weighted by atomic mass is 9.96. The highest BCUT2D eigenvalue weighted by atomic mass is 35.5. The van der Waals surface area contributed by atoms with E-state index in [2.05, 4.69) is 15.5 Å². The Labute approximate surface area is 205 Å². The molecule has 9 heteroatoms. The van der Waals surface area contributed by atoms with Crippen LogP contribution < -0.4 is 20.3 Å². The first kappa shape index (κ1) is 24.8. The summed E-state index contributed by atoms with van der Waals surface area (Å²) in [4.78, 5) is 29.1. The molecule has 1 saturated heterocycles. The SMILES string of the molecule is COc1ccc(Cl)cc1C(=O)N1CCN(c2ccc(NC(=S)NC(=O)C(C)(C)C)cc2)CC1. The van der Waals surface area contributed by atoms with E-state index >= 15 is 0 Å². The van der Waals surface area contributed by atoms with Crippen molar-refractivity contribution in [2.24, 2.45) is 5.41 Å². The molecule has 176 valence electrons. The average molecular weight is 489 g/mol. The molecular formula is C24H29ClN4O3S. The van der Waals surface area contributed by atoms with Crippen molar-refractivity contribution in [3.05, 3.63) is 53.1 Å². The third kappa shape index (κ3) is 6.36. The van der Waals surface area contributed by atoms with Gasteiger partial charge in [-0.1, -0.05) is 32.4 Å². The van der Waals surface area contributed by atoms with Crippen LogP contribution in [0.5, 0.6) is 5.75 Å². The molecule has 33 heavy (non-hydrogen) atoms. The quantitative estimate of drug-likeness (QED) is 0.629. The second kappa shape index (κ2) is 10.4. The highest BCUT2D eigenvalue weighted by molar-refractivity contribution is 7.80. The minimum Gasteiger partial charge on any atom is -0.496 e. The summed E-state index contributed by atoms with van der Waals surface area (Å²) in [7, 11) is 1.54. The summed E-state index contributed by atoms with van der Waals surface area (Å²) in [6, 6.07) is 12.9. The van der Waals surface area contributed by atoms with Crippen molar-refractivity contribution in [1.29, 1.82) is 0 Å². The Morgan fingerprint density at radius 2 is 1.67 bits per heavy atom. The number of halogens is 1. The van der Waals surface area contributed by atoms with Gasteiger partial charge in [0.1, 0.15) is 5.75 Å². The number of hydrogen-bond donors (Lipinski definition) is 2. The van der Waals surface area contributed by atoms with Gasteiger partial charge >= 0.3 is 0 Å². The standard InChI is InChI=1S/C24H29ClN4O3S/c1-24(2,3)22(31)27-23(33)26-17-6-8-18(9-7-17)28-11-13-29(14-12-28)21(30)19-15-16(25)5-10-20(19)32-4/h5-10,15H,11-14H2,1-4H3,(H2,26,27,31,33). The summed E-state index contributed by atoms with van der Waals surface area (Å²) in [6.07, 6.45) is 0. The van der Waals surface area contributed by atoms with Gasteiger partial charge in [-0.15, -0.1) is 0 Å². The van der Waals surface area contributed by atoms with E-state index in [1.54, 1.807) is 25.3 Å². The van der Waals surface area contributed by atoms with Crippen LogP contribution >= 0.6 is 23.8 Å². The van der Waals surface area contributed by atoms with E-state index in [1.807, 2.05) is 49.9 Å². The summed E-state index contributed by atoms with van der Waals surface area (Å²) in [6.45, 7) is 8.10. The summed E-state index contributed by atoms with van der Waals surface area (Å²) >= 11 is 11.3. The number of nitrogens with one attached hydrogen (secondary N) is 2. The molecule has 1 aliphatic rings. The number of rotatable bonds is 4. The Morgan fingerprint density at radius 1 is 1.03 bits per heavy atom. The summed E-state index contributed by atoms with van der Waals surface area (Å²) in [5.74, 6) is 0.297. The normalized spacial score (nSPS) is 14.0. The molecule has 0 unspecified atom stereocenters. The molecule has 0 aromatic heterocycles. The van der Waals surface area contributed by atoms with E-state index in [4.69, 9.17) is 28.6 Å². The Kier molecular flexibility index (Phi) is 7.81. The van der Waals surface area contributed by atoms with Crippen LogP contribution in [-0.4, -0.2) is 55.1 Å². The van der Waals surface area contributed by atoms with Crippen LogP contribution in [-0.2, 0) is 4.79 Å². The van der Waals surface area contributed by atoms with Gasteiger partial charge in [0.15, 0.2) is 5.11 Å². The van der Waals surface area contributed by atoms with Crippen LogP contribution in [0, 0.1) is 5.41 Å². The number of thiocarbonyl (C=S) groups is 1. The highest BCUT2D eigenvalue weighted by Gasteiger charge is 2.25. The Bertz CT molecular complexity index is 1030. The zero-order chi connectivity index (χ0) is 24.2. The number of piperazine rings is 1. The van der Waals surface area contributed by atoms with E-state index in [1.165, 1.54) is 0 Å². The number of carbonyl (C=O) groups is 2. The monoisotopic (exact) mass is 488 g/mol. The van der Waals surface area contributed by atoms with E-state index in [9.17, 15) is 9.59 Å². The summed E-state index contributed by atoms with van der Waals surface area (Å²) < 4.78 is 5.32. The minimum absolute atomic E-state index is 0.0839. The molecule has 0 saturated carbocycles. The Morgan fingerprint density at radius 3 is 2.24 bits per heavy atom. The molecule has 2 N–H and O–H groups in total. The van der Waals surface area contributed by atoms with Gasteiger partial charge in [0.25, 0.3) is 5.91 Å². The fraction of sp³-hybridized carbons (Fsp3) is 0.375. The first-order valence-corrected chi connectivity index (χ1v) is 11.5.